The fourth-order valence-electron chi connectivity index (χ4n) is 1.39. The Hall–Kier alpha value is -1.56. The molecule has 0 saturated carbocycles. The second kappa shape index (κ2) is 3.44. The topological polar surface area (TPSA) is 36.8 Å². The third kappa shape index (κ3) is 1.48. The molecule has 0 saturated heterocycles. The zero-order chi connectivity index (χ0) is 9.10. The monoisotopic (exact) mass is 173 g/mol. The Morgan fingerprint density at radius 1 is 1.62 bits per heavy atom. The van der Waals surface area contributed by atoms with Crippen LogP contribution in [0.1, 0.15) is 13.3 Å². The zero-order valence-electron chi connectivity index (χ0n) is 7.49. The lowest BCUT2D eigenvalue weighted by Crippen LogP contribution is -2.28. The largest absolute Gasteiger partial charge is 0.368 e. The van der Waals surface area contributed by atoms with Gasteiger partial charge < -0.3 is 5.32 Å². The smallest absolute Gasteiger partial charge is 0.132 e. The van der Waals surface area contributed by atoms with Gasteiger partial charge in [-0.2, -0.15) is 0 Å². The van der Waals surface area contributed by atoms with Gasteiger partial charge in [-0.1, -0.05) is 18.8 Å². The van der Waals surface area contributed by atoms with Crippen LogP contribution in [0.5, 0.6) is 0 Å². The molecule has 13 heavy (non-hydrogen) atoms. The van der Waals surface area contributed by atoms with E-state index in [4.69, 9.17) is 0 Å². The number of aliphatic imine (C=N–C) groups is 2. The Bertz CT molecular complexity index is 341. The number of rotatable bonds is 0. The summed E-state index contributed by atoms with van der Waals surface area (Å²) >= 11 is 0. The molecule has 0 amide bonds. The van der Waals surface area contributed by atoms with E-state index >= 15 is 0 Å². The van der Waals surface area contributed by atoms with E-state index in [0.29, 0.717) is 0 Å². The number of nitrogens with zero attached hydrogens (tertiary/aromatic N) is 2. The molecule has 1 N–H and O–H groups in total. The van der Waals surface area contributed by atoms with Crippen LogP contribution >= 0.6 is 0 Å². The first-order chi connectivity index (χ1) is 6.42. The molecule has 66 valence electrons. The Kier molecular flexibility index (Phi) is 2.13. The van der Waals surface area contributed by atoms with Crippen molar-refractivity contribution in [1.29, 1.82) is 0 Å². The summed E-state index contributed by atoms with van der Waals surface area (Å²) in [7, 11) is 0. The summed E-state index contributed by atoms with van der Waals surface area (Å²) in [6.07, 6.45) is 6.42. The molecular weight excluding hydrogens is 162 g/mol. The fraction of sp³-hybridized carbons (Fsp3) is 0.400. The molecule has 3 nitrogen and oxygen atoms in total. The number of hydrogen-bond acceptors (Lipinski definition) is 3. The Balaban J connectivity index is 2.15. The van der Waals surface area contributed by atoms with E-state index in [1.54, 1.807) is 6.34 Å². The van der Waals surface area contributed by atoms with E-state index in [0.717, 1.165) is 12.0 Å². The summed E-state index contributed by atoms with van der Waals surface area (Å²) in [6.45, 7) is 2.04. The maximum absolute atomic E-state index is 4.20. The van der Waals surface area contributed by atoms with Crippen LogP contribution in [0.25, 0.3) is 0 Å². The first kappa shape index (κ1) is 8.06. The summed E-state index contributed by atoms with van der Waals surface area (Å²) in [5, 5.41) is 3.16. The van der Waals surface area contributed by atoms with Crippen LogP contribution in [0.3, 0.4) is 0 Å². The van der Waals surface area contributed by atoms with Gasteiger partial charge in [0.05, 0.1) is 5.92 Å². The molecular formula is C10H11N3. The average molecular weight is 173 g/mol. The highest BCUT2D eigenvalue weighted by Gasteiger charge is 2.27. The molecule has 2 heterocycles. The standard InChI is InChI=1S/C10H11N3/c1-2-3-4-8-5-12-10-9(8)6-11-7-13-10/h5-7,9-10,12H,2H2,1H3. The SMILES string of the molecule is CCC#CC1=CNC2N=CN=CC12. The Morgan fingerprint density at radius 3 is 3.38 bits per heavy atom. The second-order valence-electron chi connectivity index (χ2n) is 2.95. The molecule has 0 aromatic heterocycles. The van der Waals surface area contributed by atoms with Gasteiger partial charge in [-0.25, -0.2) is 9.98 Å². The van der Waals surface area contributed by atoms with Crippen LogP contribution in [-0.2, 0) is 0 Å². The van der Waals surface area contributed by atoms with Gasteiger partial charge in [0.2, 0.25) is 0 Å². The van der Waals surface area contributed by atoms with Crippen molar-refractivity contribution in [3.05, 3.63) is 11.8 Å². The van der Waals surface area contributed by atoms with Crippen molar-refractivity contribution in [2.24, 2.45) is 15.9 Å². The van der Waals surface area contributed by atoms with Crippen molar-refractivity contribution in [1.82, 2.24) is 5.32 Å². The molecule has 0 spiro atoms. The normalized spacial score (nSPS) is 28.5. The van der Waals surface area contributed by atoms with Gasteiger partial charge in [-0.3, -0.25) is 0 Å². The third-order valence-electron chi connectivity index (χ3n) is 2.06. The van der Waals surface area contributed by atoms with Gasteiger partial charge in [0.25, 0.3) is 0 Å². The molecule has 0 fully saturated rings. The second-order valence-corrected chi connectivity index (χ2v) is 2.95. The van der Waals surface area contributed by atoms with Crippen molar-refractivity contribution in [3.63, 3.8) is 0 Å². The molecule has 0 aromatic rings. The minimum Gasteiger partial charge on any atom is -0.368 e. The highest BCUT2D eigenvalue weighted by molar-refractivity contribution is 5.80. The van der Waals surface area contributed by atoms with E-state index in [-0.39, 0.29) is 12.1 Å². The lowest BCUT2D eigenvalue weighted by atomic mass is 10.0. The molecule has 0 radical (unpaired) electrons. The summed E-state index contributed by atoms with van der Waals surface area (Å²) in [4.78, 5) is 8.21. The van der Waals surface area contributed by atoms with Crippen molar-refractivity contribution in [3.8, 4) is 11.8 Å². The summed E-state index contributed by atoms with van der Waals surface area (Å²) < 4.78 is 0. The number of fused-ring (bicyclic) bond motifs is 1. The Morgan fingerprint density at radius 2 is 2.54 bits per heavy atom. The van der Waals surface area contributed by atoms with Crippen LogP contribution in [0, 0.1) is 17.8 Å². The van der Waals surface area contributed by atoms with Crippen LogP contribution < -0.4 is 5.32 Å². The third-order valence-corrected chi connectivity index (χ3v) is 2.06. The van der Waals surface area contributed by atoms with Gasteiger partial charge in [-0.05, 0) is 0 Å². The molecule has 2 unspecified atom stereocenters. The molecule has 0 bridgehead atoms. The molecule has 2 aliphatic rings. The first-order valence-electron chi connectivity index (χ1n) is 4.41. The molecule has 2 atom stereocenters. The van der Waals surface area contributed by atoms with Crippen molar-refractivity contribution >= 4 is 12.6 Å². The zero-order valence-corrected chi connectivity index (χ0v) is 7.49. The Labute approximate surface area is 77.7 Å². The first-order valence-corrected chi connectivity index (χ1v) is 4.41. The van der Waals surface area contributed by atoms with E-state index in [9.17, 15) is 0 Å². The maximum Gasteiger partial charge on any atom is 0.132 e. The molecule has 2 rings (SSSR count). The van der Waals surface area contributed by atoms with Crippen molar-refractivity contribution < 1.29 is 0 Å². The quantitative estimate of drug-likeness (QED) is 0.544. The van der Waals surface area contributed by atoms with Gasteiger partial charge in [-0.15, -0.1) is 0 Å². The summed E-state index contributed by atoms with van der Waals surface area (Å²) in [6, 6.07) is 0. The molecule has 3 heteroatoms. The van der Waals surface area contributed by atoms with Gasteiger partial charge in [0.15, 0.2) is 0 Å². The highest BCUT2D eigenvalue weighted by atomic mass is 15.1. The number of hydrogen-bond donors (Lipinski definition) is 1. The summed E-state index contributed by atoms with van der Waals surface area (Å²) in [5.74, 6) is 6.41. The number of nitrogens with one attached hydrogen (secondary N) is 1. The van der Waals surface area contributed by atoms with Crippen molar-refractivity contribution in [2.75, 3.05) is 0 Å². The van der Waals surface area contributed by atoms with E-state index in [1.807, 2.05) is 19.3 Å². The lowest BCUT2D eigenvalue weighted by Gasteiger charge is -2.14. The van der Waals surface area contributed by atoms with E-state index < -0.39 is 0 Å². The molecule has 0 aromatic carbocycles. The van der Waals surface area contributed by atoms with Crippen LogP contribution in [0.15, 0.2) is 21.8 Å². The van der Waals surface area contributed by atoms with Gasteiger partial charge in [0, 0.05) is 24.4 Å². The van der Waals surface area contributed by atoms with Crippen molar-refractivity contribution in [2.45, 2.75) is 19.5 Å². The minimum absolute atomic E-state index is 0.124. The van der Waals surface area contributed by atoms with Gasteiger partial charge in [0.1, 0.15) is 12.5 Å². The molecule has 2 aliphatic heterocycles. The van der Waals surface area contributed by atoms with E-state index in [2.05, 4.69) is 27.1 Å². The van der Waals surface area contributed by atoms with E-state index in [1.165, 1.54) is 0 Å². The maximum atomic E-state index is 4.20. The minimum atomic E-state index is 0.124. The predicted octanol–water partition coefficient (Wildman–Crippen LogP) is 0.942. The highest BCUT2D eigenvalue weighted by Crippen LogP contribution is 2.21. The lowest BCUT2D eigenvalue weighted by molar-refractivity contribution is 0.592. The average Bonchev–Trinajstić information content (AvgIpc) is 2.58. The molecule has 0 aliphatic carbocycles. The van der Waals surface area contributed by atoms with Crippen LogP contribution in [-0.4, -0.2) is 18.7 Å². The summed E-state index contributed by atoms with van der Waals surface area (Å²) in [5.41, 5.74) is 1.09. The predicted molar refractivity (Wildman–Crippen MR) is 53.5 cm³/mol. The van der Waals surface area contributed by atoms with Gasteiger partial charge >= 0.3 is 0 Å². The van der Waals surface area contributed by atoms with Crippen LogP contribution in [0.4, 0.5) is 0 Å². The van der Waals surface area contributed by atoms with Crippen LogP contribution in [0.2, 0.25) is 0 Å². The fourth-order valence-corrected chi connectivity index (χ4v) is 1.39.